The number of rotatable bonds is 8. The molecule has 0 amide bonds. The fraction of sp³-hybridized carbons (Fsp3) is 0.632. The number of anilines is 1. The smallest absolute Gasteiger partial charge is 0.191 e. The lowest BCUT2D eigenvalue weighted by atomic mass is 10.1. The summed E-state index contributed by atoms with van der Waals surface area (Å²) in [5.41, 5.74) is 2.11. The molecule has 2 aromatic rings. The van der Waals surface area contributed by atoms with Crippen LogP contribution in [0.3, 0.4) is 0 Å². The summed E-state index contributed by atoms with van der Waals surface area (Å²) in [6, 6.07) is 1.98. The molecule has 0 bridgehead atoms. The van der Waals surface area contributed by atoms with Crippen molar-refractivity contribution in [2.45, 2.75) is 52.5 Å². The van der Waals surface area contributed by atoms with E-state index in [2.05, 4.69) is 51.8 Å². The number of hydrogen-bond donors (Lipinski definition) is 2. The van der Waals surface area contributed by atoms with Crippen LogP contribution in [0.15, 0.2) is 21.0 Å². The van der Waals surface area contributed by atoms with E-state index in [0.717, 1.165) is 60.8 Å². The lowest BCUT2D eigenvalue weighted by Crippen LogP contribution is -2.38. The molecule has 3 rings (SSSR count). The van der Waals surface area contributed by atoms with Crippen molar-refractivity contribution in [1.82, 2.24) is 20.8 Å². The van der Waals surface area contributed by atoms with Gasteiger partial charge in [0.1, 0.15) is 6.54 Å². The molecule has 28 heavy (non-hydrogen) atoms. The Morgan fingerprint density at radius 2 is 2.11 bits per heavy atom. The van der Waals surface area contributed by atoms with Crippen molar-refractivity contribution in [2.75, 3.05) is 31.1 Å². The van der Waals surface area contributed by atoms with Crippen LogP contribution in [0.2, 0.25) is 0 Å². The Kier molecular flexibility index (Phi) is 9.49. The van der Waals surface area contributed by atoms with E-state index >= 15 is 0 Å². The van der Waals surface area contributed by atoms with Crippen LogP contribution >= 0.6 is 35.3 Å². The predicted molar refractivity (Wildman–Crippen MR) is 126 cm³/mol. The number of aromatic nitrogens is 2. The summed E-state index contributed by atoms with van der Waals surface area (Å²) < 4.78 is 5.35. The maximum atomic E-state index is 5.35. The fourth-order valence-corrected chi connectivity index (χ4v) is 3.86. The molecule has 1 aliphatic rings. The second-order valence-corrected chi connectivity index (χ2v) is 7.90. The molecule has 1 saturated heterocycles. The maximum absolute atomic E-state index is 5.35. The van der Waals surface area contributed by atoms with Crippen molar-refractivity contribution in [3.05, 3.63) is 28.6 Å². The van der Waals surface area contributed by atoms with Gasteiger partial charge in [0.2, 0.25) is 0 Å². The van der Waals surface area contributed by atoms with E-state index in [1.54, 1.807) is 11.3 Å². The third-order valence-electron chi connectivity index (χ3n) is 4.50. The van der Waals surface area contributed by atoms with Gasteiger partial charge in [0.05, 0.1) is 11.4 Å². The molecule has 2 N–H and O–H groups in total. The fourth-order valence-electron chi connectivity index (χ4n) is 2.95. The number of aliphatic imine (C=N–C) groups is 1. The molecule has 1 fully saturated rings. The predicted octanol–water partition coefficient (Wildman–Crippen LogP) is 3.77. The molecular formula is C19H31IN6OS. The zero-order valence-electron chi connectivity index (χ0n) is 16.9. The Balaban J connectivity index is 0.00000280. The standard InChI is InChI=1S/C19H30N6OS.HI/c1-4-20-18(22-12-16-11-17(14(2)3)24-26-16)21-8-7-15-13-27-19(23-15)25-9-5-6-10-25;/h11,13-14H,4-10,12H2,1-3H3,(H2,20,21,22);1H. The Bertz CT molecular complexity index is 738. The molecule has 0 aliphatic carbocycles. The highest BCUT2D eigenvalue weighted by atomic mass is 127. The van der Waals surface area contributed by atoms with Crippen LogP contribution in [0.5, 0.6) is 0 Å². The molecular weight excluding hydrogens is 487 g/mol. The Morgan fingerprint density at radius 3 is 2.79 bits per heavy atom. The van der Waals surface area contributed by atoms with Gasteiger partial charge in [-0.15, -0.1) is 35.3 Å². The van der Waals surface area contributed by atoms with Gasteiger partial charge in [-0.2, -0.15) is 0 Å². The topological polar surface area (TPSA) is 78.6 Å². The highest BCUT2D eigenvalue weighted by Gasteiger charge is 2.15. The van der Waals surface area contributed by atoms with Crippen molar-refractivity contribution in [2.24, 2.45) is 4.99 Å². The minimum absolute atomic E-state index is 0. The van der Waals surface area contributed by atoms with Gasteiger partial charge in [0.15, 0.2) is 16.9 Å². The zero-order valence-corrected chi connectivity index (χ0v) is 20.0. The number of hydrogen-bond acceptors (Lipinski definition) is 6. The van der Waals surface area contributed by atoms with Crippen molar-refractivity contribution in [1.29, 1.82) is 0 Å². The van der Waals surface area contributed by atoms with E-state index in [1.165, 1.54) is 12.8 Å². The molecule has 9 heteroatoms. The minimum Gasteiger partial charge on any atom is -0.359 e. The quantitative estimate of drug-likeness (QED) is 0.315. The van der Waals surface area contributed by atoms with Crippen LogP contribution in [0.25, 0.3) is 0 Å². The lowest BCUT2D eigenvalue weighted by Gasteiger charge is -2.12. The normalized spacial score (nSPS) is 14.4. The highest BCUT2D eigenvalue weighted by molar-refractivity contribution is 14.0. The van der Waals surface area contributed by atoms with Crippen LogP contribution < -0.4 is 15.5 Å². The number of nitrogens with one attached hydrogen (secondary N) is 2. The van der Waals surface area contributed by atoms with Gasteiger partial charge in [-0.05, 0) is 25.7 Å². The maximum Gasteiger partial charge on any atom is 0.191 e. The molecule has 1 aliphatic heterocycles. The molecule has 3 heterocycles. The lowest BCUT2D eigenvalue weighted by molar-refractivity contribution is 0.376. The Hall–Kier alpha value is -1.36. The second-order valence-electron chi connectivity index (χ2n) is 7.06. The van der Waals surface area contributed by atoms with Gasteiger partial charge in [0.25, 0.3) is 0 Å². The van der Waals surface area contributed by atoms with E-state index in [1.807, 2.05) is 6.07 Å². The highest BCUT2D eigenvalue weighted by Crippen LogP contribution is 2.24. The molecule has 0 spiro atoms. The van der Waals surface area contributed by atoms with E-state index in [0.29, 0.717) is 12.5 Å². The van der Waals surface area contributed by atoms with Gasteiger partial charge in [0, 0.05) is 44.0 Å². The Labute approximate surface area is 188 Å². The van der Waals surface area contributed by atoms with Crippen molar-refractivity contribution in [3.63, 3.8) is 0 Å². The first-order valence-corrected chi connectivity index (χ1v) is 10.7. The van der Waals surface area contributed by atoms with E-state index in [9.17, 15) is 0 Å². The van der Waals surface area contributed by atoms with E-state index in [-0.39, 0.29) is 24.0 Å². The van der Waals surface area contributed by atoms with E-state index < -0.39 is 0 Å². The average Bonchev–Trinajstić information content (AvgIpc) is 3.39. The van der Waals surface area contributed by atoms with Crippen molar-refractivity contribution >= 4 is 46.4 Å². The van der Waals surface area contributed by atoms with Crippen molar-refractivity contribution in [3.8, 4) is 0 Å². The first kappa shape index (κ1) is 22.9. The number of nitrogens with zero attached hydrogens (tertiary/aromatic N) is 4. The molecule has 0 aromatic carbocycles. The van der Waals surface area contributed by atoms with Gasteiger partial charge in [-0.25, -0.2) is 9.98 Å². The summed E-state index contributed by atoms with van der Waals surface area (Å²) in [5.74, 6) is 1.93. The molecule has 7 nitrogen and oxygen atoms in total. The third-order valence-corrected chi connectivity index (χ3v) is 5.45. The summed E-state index contributed by atoms with van der Waals surface area (Å²) in [5, 5.41) is 14.1. The van der Waals surface area contributed by atoms with Gasteiger partial charge in [-0.1, -0.05) is 19.0 Å². The Morgan fingerprint density at radius 1 is 1.32 bits per heavy atom. The average molecular weight is 518 g/mol. The van der Waals surface area contributed by atoms with Crippen LogP contribution in [0.4, 0.5) is 5.13 Å². The second kappa shape index (κ2) is 11.6. The van der Waals surface area contributed by atoms with Gasteiger partial charge in [-0.3, -0.25) is 0 Å². The molecule has 0 atom stereocenters. The SMILES string of the molecule is CCNC(=NCc1cc(C(C)C)no1)NCCc1csc(N2CCCC2)n1.I. The molecule has 0 unspecified atom stereocenters. The molecule has 0 radical (unpaired) electrons. The summed E-state index contributed by atoms with van der Waals surface area (Å²) >= 11 is 1.75. The zero-order chi connectivity index (χ0) is 19.1. The minimum atomic E-state index is 0. The summed E-state index contributed by atoms with van der Waals surface area (Å²) in [6.45, 7) is 10.6. The first-order valence-electron chi connectivity index (χ1n) is 9.82. The van der Waals surface area contributed by atoms with Gasteiger partial charge >= 0.3 is 0 Å². The summed E-state index contributed by atoms with van der Waals surface area (Å²) in [6.07, 6.45) is 3.44. The van der Waals surface area contributed by atoms with Crippen LogP contribution in [-0.2, 0) is 13.0 Å². The summed E-state index contributed by atoms with van der Waals surface area (Å²) in [4.78, 5) is 11.7. The summed E-state index contributed by atoms with van der Waals surface area (Å²) in [7, 11) is 0. The van der Waals surface area contributed by atoms with E-state index in [4.69, 9.17) is 9.51 Å². The van der Waals surface area contributed by atoms with Crippen LogP contribution in [0, 0.1) is 0 Å². The molecule has 2 aromatic heterocycles. The monoisotopic (exact) mass is 518 g/mol. The molecule has 156 valence electrons. The number of thiazole rings is 1. The molecule has 0 saturated carbocycles. The van der Waals surface area contributed by atoms with Gasteiger partial charge < -0.3 is 20.1 Å². The van der Waals surface area contributed by atoms with Crippen LogP contribution in [-0.4, -0.2) is 42.3 Å². The number of guanidine groups is 1. The number of halogens is 1. The first-order chi connectivity index (χ1) is 13.2. The third kappa shape index (κ3) is 6.61. The van der Waals surface area contributed by atoms with Crippen LogP contribution in [0.1, 0.15) is 56.7 Å². The largest absolute Gasteiger partial charge is 0.359 e. The van der Waals surface area contributed by atoms with Crippen molar-refractivity contribution < 1.29 is 4.52 Å².